The van der Waals surface area contributed by atoms with Gasteiger partial charge < -0.3 is 14.2 Å². The first-order valence-corrected chi connectivity index (χ1v) is 5.68. The van der Waals surface area contributed by atoms with E-state index in [1.165, 1.54) is 4.90 Å². The van der Waals surface area contributed by atoms with Gasteiger partial charge in [-0.1, -0.05) is 11.6 Å². The summed E-state index contributed by atoms with van der Waals surface area (Å²) in [5.41, 5.74) is -0.495. The Kier molecular flexibility index (Phi) is 4.03. The van der Waals surface area contributed by atoms with Crippen LogP contribution in [0.15, 0.2) is 6.20 Å². The van der Waals surface area contributed by atoms with E-state index in [0.29, 0.717) is 17.5 Å². The molecule has 5 nitrogen and oxygen atoms in total. The summed E-state index contributed by atoms with van der Waals surface area (Å²) in [5, 5.41) is 0.539. The molecule has 0 atom stereocenters. The summed E-state index contributed by atoms with van der Waals surface area (Å²) >= 11 is 5.86. The lowest BCUT2D eigenvalue weighted by Gasteiger charge is -2.24. The molecule has 0 N–H and O–H groups in total. The second kappa shape index (κ2) is 4.96. The van der Waals surface area contributed by atoms with Crippen LogP contribution in [0.25, 0.3) is 0 Å². The highest BCUT2D eigenvalue weighted by Gasteiger charge is 2.20. The Morgan fingerprint density at radius 2 is 2.18 bits per heavy atom. The SMILES string of the molecule is CN(Cc1ncc(Cl)n1C)C(=O)OC(C)(C)C. The van der Waals surface area contributed by atoms with Gasteiger partial charge in [-0.3, -0.25) is 0 Å². The van der Waals surface area contributed by atoms with Gasteiger partial charge in [0, 0.05) is 14.1 Å². The molecule has 0 aromatic carbocycles. The summed E-state index contributed by atoms with van der Waals surface area (Å²) in [7, 11) is 3.46. The average Bonchev–Trinajstić information content (AvgIpc) is 2.47. The average molecular weight is 260 g/mol. The number of amides is 1. The van der Waals surface area contributed by atoms with Crippen LogP contribution in [0.3, 0.4) is 0 Å². The van der Waals surface area contributed by atoms with Crippen LogP contribution in [0.2, 0.25) is 5.15 Å². The molecule has 0 fully saturated rings. The fourth-order valence-electron chi connectivity index (χ4n) is 1.19. The van der Waals surface area contributed by atoms with Gasteiger partial charge in [-0.05, 0) is 20.8 Å². The third kappa shape index (κ3) is 3.93. The van der Waals surface area contributed by atoms with Crippen LogP contribution in [0, 0.1) is 0 Å². The number of rotatable bonds is 2. The highest BCUT2D eigenvalue weighted by Crippen LogP contribution is 2.13. The number of hydrogen-bond donors (Lipinski definition) is 0. The zero-order valence-electron chi connectivity index (χ0n) is 10.8. The molecule has 1 aromatic heterocycles. The third-order valence-corrected chi connectivity index (χ3v) is 2.46. The molecule has 6 heteroatoms. The van der Waals surface area contributed by atoms with Crippen molar-refractivity contribution in [2.45, 2.75) is 32.9 Å². The third-order valence-electron chi connectivity index (χ3n) is 2.11. The molecule has 0 unspecified atom stereocenters. The van der Waals surface area contributed by atoms with Gasteiger partial charge in [-0.2, -0.15) is 0 Å². The van der Waals surface area contributed by atoms with Crippen LogP contribution >= 0.6 is 11.6 Å². The summed E-state index contributed by atoms with van der Waals surface area (Å²) in [6, 6.07) is 0. The monoisotopic (exact) mass is 259 g/mol. The minimum absolute atomic E-state index is 0.359. The summed E-state index contributed by atoms with van der Waals surface area (Å²) in [4.78, 5) is 17.3. The summed E-state index contributed by atoms with van der Waals surface area (Å²) < 4.78 is 6.96. The van der Waals surface area contributed by atoms with Crippen LogP contribution in [0.1, 0.15) is 26.6 Å². The predicted octanol–water partition coefficient (Wildman–Crippen LogP) is 2.44. The lowest BCUT2D eigenvalue weighted by molar-refractivity contribution is 0.0280. The van der Waals surface area contributed by atoms with Crippen molar-refractivity contribution in [3.8, 4) is 0 Å². The van der Waals surface area contributed by atoms with Crippen molar-refractivity contribution in [1.82, 2.24) is 14.5 Å². The Balaban J connectivity index is 2.63. The number of nitrogens with zero attached hydrogens (tertiary/aromatic N) is 3. The van der Waals surface area contributed by atoms with Crippen molar-refractivity contribution in [2.24, 2.45) is 7.05 Å². The maximum atomic E-state index is 11.7. The van der Waals surface area contributed by atoms with Crippen molar-refractivity contribution in [3.63, 3.8) is 0 Å². The number of carbonyl (C=O) groups excluding carboxylic acids is 1. The molecule has 96 valence electrons. The fraction of sp³-hybridized carbons (Fsp3) is 0.636. The lowest BCUT2D eigenvalue weighted by atomic mass is 10.2. The summed E-state index contributed by atoms with van der Waals surface area (Å²) in [6.45, 7) is 5.85. The Morgan fingerprint density at radius 1 is 1.59 bits per heavy atom. The first-order valence-electron chi connectivity index (χ1n) is 5.31. The van der Waals surface area contributed by atoms with Gasteiger partial charge >= 0.3 is 6.09 Å². The first-order chi connectivity index (χ1) is 7.70. The molecule has 1 aromatic rings. The van der Waals surface area contributed by atoms with Gasteiger partial charge in [0.2, 0.25) is 0 Å². The molecular formula is C11H18ClN3O2. The highest BCUT2D eigenvalue weighted by atomic mass is 35.5. The molecule has 0 saturated heterocycles. The van der Waals surface area contributed by atoms with Crippen molar-refractivity contribution < 1.29 is 9.53 Å². The van der Waals surface area contributed by atoms with Crippen molar-refractivity contribution >= 4 is 17.7 Å². The molecule has 0 aliphatic heterocycles. The van der Waals surface area contributed by atoms with Crippen LogP contribution in [-0.2, 0) is 18.3 Å². The topological polar surface area (TPSA) is 47.4 Å². The predicted molar refractivity (Wildman–Crippen MR) is 65.9 cm³/mol. The molecule has 1 amide bonds. The van der Waals surface area contributed by atoms with Crippen molar-refractivity contribution in [1.29, 1.82) is 0 Å². The molecule has 0 aliphatic carbocycles. The van der Waals surface area contributed by atoms with Crippen LogP contribution in [-0.4, -0.2) is 33.2 Å². The van der Waals surface area contributed by atoms with E-state index < -0.39 is 5.60 Å². The second-order valence-electron chi connectivity index (χ2n) is 4.89. The van der Waals surface area contributed by atoms with E-state index in [0.717, 1.165) is 0 Å². The number of aromatic nitrogens is 2. The molecule has 0 aliphatic rings. The molecular weight excluding hydrogens is 242 g/mol. The summed E-state index contributed by atoms with van der Waals surface area (Å²) in [5.74, 6) is 0.711. The standard InChI is InChI=1S/C11H18ClN3O2/c1-11(2,3)17-10(16)14(4)7-9-13-6-8(12)15(9)5/h6H,7H2,1-5H3. The zero-order chi connectivity index (χ0) is 13.2. The van der Waals surface area contributed by atoms with E-state index in [9.17, 15) is 4.79 Å². The molecule has 0 radical (unpaired) electrons. The zero-order valence-corrected chi connectivity index (χ0v) is 11.6. The van der Waals surface area contributed by atoms with E-state index in [2.05, 4.69) is 4.98 Å². The Bertz CT molecular complexity index is 409. The van der Waals surface area contributed by atoms with Gasteiger partial charge in [0.15, 0.2) is 0 Å². The van der Waals surface area contributed by atoms with Crippen molar-refractivity contribution in [3.05, 3.63) is 17.2 Å². The van der Waals surface area contributed by atoms with Crippen LogP contribution < -0.4 is 0 Å². The van der Waals surface area contributed by atoms with Gasteiger partial charge in [0.1, 0.15) is 16.6 Å². The highest BCUT2D eigenvalue weighted by molar-refractivity contribution is 6.29. The Hall–Kier alpha value is -1.23. The molecule has 1 rings (SSSR count). The van der Waals surface area contributed by atoms with E-state index in [1.807, 2.05) is 20.8 Å². The minimum Gasteiger partial charge on any atom is -0.444 e. The largest absolute Gasteiger partial charge is 0.444 e. The van der Waals surface area contributed by atoms with Gasteiger partial charge in [-0.25, -0.2) is 9.78 Å². The fourth-order valence-corrected chi connectivity index (χ4v) is 1.33. The lowest BCUT2D eigenvalue weighted by Crippen LogP contribution is -2.34. The number of hydrogen-bond acceptors (Lipinski definition) is 3. The second-order valence-corrected chi connectivity index (χ2v) is 5.28. The summed E-state index contributed by atoms with van der Waals surface area (Å²) in [6.07, 6.45) is 1.18. The number of ether oxygens (including phenoxy) is 1. The van der Waals surface area contributed by atoms with E-state index in [1.54, 1.807) is 24.9 Å². The van der Waals surface area contributed by atoms with Gasteiger partial charge in [0.05, 0.1) is 12.7 Å². The molecule has 0 bridgehead atoms. The number of imidazole rings is 1. The maximum Gasteiger partial charge on any atom is 0.410 e. The normalized spacial score (nSPS) is 11.4. The molecule has 0 spiro atoms. The van der Waals surface area contributed by atoms with Gasteiger partial charge in [0.25, 0.3) is 0 Å². The first kappa shape index (κ1) is 13.8. The molecule has 17 heavy (non-hydrogen) atoms. The van der Waals surface area contributed by atoms with Gasteiger partial charge in [-0.15, -0.1) is 0 Å². The molecule has 1 heterocycles. The van der Waals surface area contributed by atoms with Crippen LogP contribution in [0.5, 0.6) is 0 Å². The number of halogens is 1. The molecule has 0 saturated carbocycles. The Morgan fingerprint density at radius 3 is 2.59 bits per heavy atom. The van der Waals surface area contributed by atoms with E-state index >= 15 is 0 Å². The van der Waals surface area contributed by atoms with Crippen molar-refractivity contribution in [2.75, 3.05) is 7.05 Å². The van der Waals surface area contributed by atoms with Crippen LogP contribution in [0.4, 0.5) is 4.79 Å². The minimum atomic E-state index is -0.495. The Labute approximate surface area is 106 Å². The quantitative estimate of drug-likeness (QED) is 0.820. The van der Waals surface area contributed by atoms with E-state index in [-0.39, 0.29) is 6.09 Å². The maximum absolute atomic E-state index is 11.7. The number of carbonyl (C=O) groups is 1. The van der Waals surface area contributed by atoms with E-state index in [4.69, 9.17) is 16.3 Å². The smallest absolute Gasteiger partial charge is 0.410 e.